The van der Waals surface area contributed by atoms with Gasteiger partial charge in [0.05, 0.1) is 29.6 Å². The molecule has 4 rings (SSSR count). The summed E-state index contributed by atoms with van der Waals surface area (Å²) in [5, 5.41) is 16.5. The number of furan rings is 1. The highest BCUT2D eigenvalue weighted by Crippen LogP contribution is 2.32. The molecule has 4 aromatic rings. The lowest BCUT2D eigenvalue weighted by molar-refractivity contribution is -0.402. The standard InChI is InChI=1S/C20H13BrN4O5S/c1-29-14-4-2-3-12(9-14)19(26)24(22-11-15-6-8-18(30-15)25(27)28)20-23-16-7-5-13(21)10-17(16)31-20/h2-11H,1H3/b22-11+. The number of nitro groups is 1. The van der Waals surface area contributed by atoms with Crippen LogP contribution in [0.5, 0.6) is 5.75 Å². The fraction of sp³-hybridized carbons (Fsp3) is 0.0500. The van der Waals surface area contributed by atoms with Crippen LogP contribution in [0, 0.1) is 10.1 Å². The van der Waals surface area contributed by atoms with Crippen LogP contribution in [0.4, 0.5) is 11.0 Å². The topological polar surface area (TPSA) is 111 Å². The number of ether oxygens (including phenoxy) is 1. The second-order valence-electron chi connectivity index (χ2n) is 6.14. The number of fused-ring (bicyclic) bond motifs is 1. The van der Waals surface area contributed by atoms with E-state index in [1.807, 2.05) is 18.2 Å². The maximum absolute atomic E-state index is 13.3. The third-order valence-electron chi connectivity index (χ3n) is 4.12. The number of thiazole rings is 1. The number of rotatable bonds is 6. The van der Waals surface area contributed by atoms with Gasteiger partial charge < -0.3 is 9.15 Å². The van der Waals surface area contributed by atoms with Crippen molar-refractivity contribution in [2.45, 2.75) is 0 Å². The predicted molar refractivity (Wildman–Crippen MR) is 120 cm³/mol. The summed E-state index contributed by atoms with van der Waals surface area (Å²) >= 11 is 4.70. The number of amides is 1. The molecule has 31 heavy (non-hydrogen) atoms. The maximum Gasteiger partial charge on any atom is 0.433 e. The van der Waals surface area contributed by atoms with E-state index in [-0.39, 0.29) is 5.76 Å². The molecule has 2 aromatic heterocycles. The van der Waals surface area contributed by atoms with Crippen molar-refractivity contribution in [3.8, 4) is 5.75 Å². The summed E-state index contributed by atoms with van der Waals surface area (Å²) in [6, 6.07) is 14.8. The van der Waals surface area contributed by atoms with E-state index in [1.165, 1.54) is 36.8 Å². The second-order valence-corrected chi connectivity index (χ2v) is 8.06. The van der Waals surface area contributed by atoms with Crippen molar-refractivity contribution < 1.29 is 18.9 Å². The van der Waals surface area contributed by atoms with E-state index in [0.717, 1.165) is 14.2 Å². The summed E-state index contributed by atoms with van der Waals surface area (Å²) in [6.07, 6.45) is 1.23. The first-order chi connectivity index (χ1) is 14.9. The van der Waals surface area contributed by atoms with Crippen LogP contribution in [0.15, 0.2) is 68.6 Å². The Morgan fingerprint density at radius 1 is 1.29 bits per heavy atom. The summed E-state index contributed by atoms with van der Waals surface area (Å²) in [6.45, 7) is 0. The fourth-order valence-electron chi connectivity index (χ4n) is 2.67. The SMILES string of the molecule is COc1cccc(C(=O)N(/N=C/c2ccc([N+](=O)[O-])o2)c2nc3ccc(Br)cc3s2)c1. The molecule has 11 heteroatoms. The molecule has 1 amide bonds. The van der Waals surface area contributed by atoms with Gasteiger partial charge in [-0.25, -0.2) is 4.98 Å². The van der Waals surface area contributed by atoms with Crippen LogP contribution in [-0.4, -0.2) is 29.1 Å². The molecule has 0 aliphatic carbocycles. The van der Waals surface area contributed by atoms with Gasteiger partial charge in [0, 0.05) is 10.0 Å². The zero-order valence-corrected chi connectivity index (χ0v) is 18.3. The third kappa shape index (κ3) is 4.47. The van der Waals surface area contributed by atoms with Crippen molar-refractivity contribution in [2.75, 3.05) is 12.1 Å². The molecule has 0 saturated carbocycles. The summed E-state index contributed by atoms with van der Waals surface area (Å²) < 4.78 is 12.0. The largest absolute Gasteiger partial charge is 0.497 e. The first-order valence-corrected chi connectivity index (χ1v) is 10.4. The minimum Gasteiger partial charge on any atom is -0.497 e. The van der Waals surface area contributed by atoms with Crippen LogP contribution >= 0.6 is 27.3 Å². The van der Waals surface area contributed by atoms with Crippen LogP contribution < -0.4 is 9.75 Å². The summed E-state index contributed by atoms with van der Waals surface area (Å²) in [5.41, 5.74) is 1.04. The third-order valence-corrected chi connectivity index (χ3v) is 5.61. The summed E-state index contributed by atoms with van der Waals surface area (Å²) in [5.74, 6) is -0.227. The van der Waals surface area contributed by atoms with Gasteiger partial charge in [0.1, 0.15) is 10.7 Å². The van der Waals surface area contributed by atoms with Gasteiger partial charge in [-0.15, -0.1) is 0 Å². The molecule has 0 spiro atoms. The Bertz CT molecular complexity index is 1320. The van der Waals surface area contributed by atoms with Crippen molar-refractivity contribution in [3.05, 3.63) is 80.5 Å². The van der Waals surface area contributed by atoms with Gasteiger partial charge in [-0.2, -0.15) is 10.1 Å². The lowest BCUT2D eigenvalue weighted by Crippen LogP contribution is -2.25. The van der Waals surface area contributed by atoms with Gasteiger partial charge in [0.15, 0.2) is 5.76 Å². The Morgan fingerprint density at radius 3 is 2.87 bits per heavy atom. The molecule has 2 aromatic carbocycles. The second kappa shape index (κ2) is 8.66. The number of hydrogen-bond donors (Lipinski definition) is 0. The van der Waals surface area contributed by atoms with Gasteiger partial charge in [-0.1, -0.05) is 33.3 Å². The van der Waals surface area contributed by atoms with E-state index in [1.54, 1.807) is 24.3 Å². The molecule has 156 valence electrons. The van der Waals surface area contributed by atoms with Gasteiger partial charge in [-0.05, 0) is 42.5 Å². The highest BCUT2D eigenvalue weighted by molar-refractivity contribution is 9.10. The number of nitrogens with zero attached hydrogens (tertiary/aromatic N) is 4. The van der Waals surface area contributed by atoms with Crippen molar-refractivity contribution in [1.82, 2.24) is 4.98 Å². The van der Waals surface area contributed by atoms with Gasteiger partial charge >= 0.3 is 5.88 Å². The van der Waals surface area contributed by atoms with Crippen LogP contribution in [0.2, 0.25) is 0 Å². The Labute approximate surface area is 187 Å². The lowest BCUT2D eigenvalue weighted by atomic mass is 10.2. The van der Waals surface area contributed by atoms with Crippen molar-refractivity contribution >= 4 is 60.6 Å². The van der Waals surface area contributed by atoms with Crippen molar-refractivity contribution in [2.24, 2.45) is 5.10 Å². The van der Waals surface area contributed by atoms with Gasteiger partial charge in [0.2, 0.25) is 5.13 Å². The average molecular weight is 501 g/mol. The molecular formula is C20H13BrN4O5S. The molecular weight excluding hydrogens is 488 g/mol. The molecule has 0 radical (unpaired) electrons. The monoisotopic (exact) mass is 500 g/mol. The number of hydrogen-bond acceptors (Lipinski definition) is 8. The minimum atomic E-state index is -0.651. The molecule has 0 aliphatic heterocycles. The normalized spacial score (nSPS) is 11.2. The highest BCUT2D eigenvalue weighted by Gasteiger charge is 2.22. The molecule has 0 saturated heterocycles. The van der Waals surface area contributed by atoms with E-state index < -0.39 is 16.7 Å². The zero-order valence-electron chi connectivity index (χ0n) is 15.9. The van der Waals surface area contributed by atoms with E-state index >= 15 is 0 Å². The Kier molecular flexibility index (Phi) is 5.78. The molecule has 9 nitrogen and oxygen atoms in total. The van der Waals surface area contributed by atoms with Gasteiger partial charge in [-0.3, -0.25) is 14.9 Å². The molecule has 0 fully saturated rings. The molecule has 0 unspecified atom stereocenters. The number of aromatic nitrogens is 1. The highest BCUT2D eigenvalue weighted by atomic mass is 79.9. The van der Waals surface area contributed by atoms with E-state index in [2.05, 4.69) is 26.0 Å². The van der Waals surface area contributed by atoms with Crippen LogP contribution in [0.3, 0.4) is 0 Å². The van der Waals surface area contributed by atoms with Crippen molar-refractivity contribution in [1.29, 1.82) is 0 Å². The quantitative estimate of drug-likeness (QED) is 0.203. The zero-order chi connectivity index (χ0) is 22.0. The van der Waals surface area contributed by atoms with E-state index in [0.29, 0.717) is 22.0 Å². The Morgan fingerprint density at radius 2 is 2.13 bits per heavy atom. The Hall–Kier alpha value is -3.57. The van der Waals surface area contributed by atoms with E-state index in [9.17, 15) is 14.9 Å². The number of carbonyl (C=O) groups excluding carboxylic acids is 1. The first kappa shape index (κ1) is 20.7. The fourth-order valence-corrected chi connectivity index (χ4v) is 4.14. The molecule has 0 atom stereocenters. The number of hydrazone groups is 1. The maximum atomic E-state index is 13.3. The average Bonchev–Trinajstić information content (AvgIpc) is 3.40. The van der Waals surface area contributed by atoms with Crippen LogP contribution in [0.25, 0.3) is 10.2 Å². The van der Waals surface area contributed by atoms with Crippen LogP contribution in [0.1, 0.15) is 16.1 Å². The predicted octanol–water partition coefficient (Wildman–Crippen LogP) is 5.25. The summed E-state index contributed by atoms with van der Waals surface area (Å²) in [4.78, 5) is 28.0. The molecule has 0 N–H and O–H groups in total. The molecule has 0 aliphatic rings. The summed E-state index contributed by atoms with van der Waals surface area (Å²) in [7, 11) is 1.51. The number of carbonyl (C=O) groups is 1. The number of methoxy groups -OCH3 is 1. The van der Waals surface area contributed by atoms with Gasteiger partial charge in [0.25, 0.3) is 5.91 Å². The first-order valence-electron chi connectivity index (χ1n) is 8.77. The number of anilines is 1. The van der Waals surface area contributed by atoms with Crippen LogP contribution in [-0.2, 0) is 0 Å². The Balaban J connectivity index is 1.75. The molecule has 2 heterocycles. The van der Waals surface area contributed by atoms with E-state index in [4.69, 9.17) is 9.15 Å². The minimum absolute atomic E-state index is 0.124. The lowest BCUT2D eigenvalue weighted by Gasteiger charge is -2.14. The number of halogens is 1. The number of benzene rings is 2. The van der Waals surface area contributed by atoms with Crippen molar-refractivity contribution in [3.63, 3.8) is 0 Å². The smallest absolute Gasteiger partial charge is 0.433 e. The molecule has 0 bridgehead atoms.